The molecule has 2 atom stereocenters. The molecule has 1 heterocycles. The van der Waals surface area contributed by atoms with Crippen molar-refractivity contribution in [3.8, 4) is 0 Å². The molecule has 0 N–H and O–H groups in total. The average molecular weight is 288 g/mol. The van der Waals surface area contributed by atoms with Crippen LogP contribution in [0.2, 0.25) is 0 Å². The van der Waals surface area contributed by atoms with Crippen molar-refractivity contribution in [3.63, 3.8) is 0 Å². The summed E-state index contributed by atoms with van der Waals surface area (Å²) in [6, 6.07) is 0. The lowest BCUT2D eigenvalue weighted by atomic mass is 10.4. The van der Waals surface area contributed by atoms with Crippen molar-refractivity contribution in [1.29, 1.82) is 0 Å². The van der Waals surface area contributed by atoms with Crippen molar-refractivity contribution < 1.29 is 19.1 Å². The largest absolute Gasteiger partial charge is 0.461 e. The molecular weight excluding hydrogens is 272 g/mol. The standard InChI is InChI=1S/C12H16O4S2/c1-4-10(13)15-5-9-7-17-11(18-9)6-16-12(14)8(2)3/h4,9,11H,1-2,5-7H2,3H3. The maximum Gasteiger partial charge on any atom is 0.333 e. The van der Waals surface area contributed by atoms with Crippen molar-refractivity contribution in [1.82, 2.24) is 0 Å². The van der Waals surface area contributed by atoms with Gasteiger partial charge in [-0.2, -0.15) is 0 Å². The van der Waals surface area contributed by atoms with E-state index in [2.05, 4.69) is 13.2 Å². The lowest BCUT2D eigenvalue weighted by Gasteiger charge is -2.11. The zero-order valence-electron chi connectivity index (χ0n) is 10.2. The van der Waals surface area contributed by atoms with E-state index < -0.39 is 5.97 Å². The van der Waals surface area contributed by atoms with Crippen LogP contribution >= 0.6 is 23.5 Å². The minimum absolute atomic E-state index is 0.195. The van der Waals surface area contributed by atoms with Crippen LogP contribution in [0.25, 0.3) is 0 Å². The maximum absolute atomic E-state index is 11.2. The first-order valence-electron chi connectivity index (χ1n) is 5.41. The first-order chi connectivity index (χ1) is 8.52. The molecule has 1 fully saturated rings. The van der Waals surface area contributed by atoms with E-state index >= 15 is 0 Å². The Bertz CT molecular complexity index is 354. The molecule has 0 aromatic rings. The van der Waals surface area contributed by atoms with Crippen LogP contribution in [0.1, 0.15) is 6.92 Å². The molecule has 0 saturated carbocycles. The third-order valence-corrected chi connectivity index (χ3v) is 5.27. The van der Waals surface area contributed by atoms with Crippen LogP contribution < -0.4 is 0 Å². The smallest absolute Gasteiger partial charge is 0.333 e. The molecule has 1 saturated heterocycles. The van der Waals surface area contributed by atoms with E-state index in [0.29, 0.717) is 18.8 Å². The van der Waals surface area contributed by atoms with Gasteiger partial charge in [0.25, 0.3) is 0 Å². The molecule has 0 aliphatic carbocycles. The van der Waals surface area contributed by atoms with Crippen LogP contribution in [-0.4, -0.2) is 40.7 Å². The second kappa shape index (κ2) is 7.53. The fraction of sp³-hybridized carbons (Fsp3) is 0.500. The summed E-state index contributed by atoms with van der Waals surface area (Å²) in [5, 5.41) is 0.243. The third kappa shape index (κ3) is 5.18. The molecule has 6 heteroatoms. The quantitative estimate of drug-likeness (QED) is 0.550. The Labute approximate surface area is 115 Å². The highest BCUT2D eigenvalue weighted by Crippen LogP contribution is 2.38. The Kier molecular flexibility index (Phi) is 6.35. The van der Waals surface area contributed by atoms with Crippen molar-refractivity contribution in [2.24, 2.45) is 0 Å². The topological polar surface area (TPSA) is 52.6 Å². The highest BCUT2D eigenvalue weighted by atomic mass is 32.2. The lowest BCUT2D eigenvalue weighted by Crippen LogP contribution is -2.16. The molecular formula is C12H16O4S2. The highest BCUT2D eigenvalue weighted by molar-refractivity contribution is 8.20. The number of carbonyl (C=O) groups excluding carboxylic acids is 2. The molecule has 1 rings (SSSR count). The predicted octanol–water partition coefficient (Wildman–Crippen LogP) is 2.01. The second-order valence-corrected chi connectivity index (χ2v) is 6.78. The van der Waals surface area contributed by atoms with Gasteiger partial charge < -0.3 is 9.47 Å². The minimum Gasteiger partial charge on any atom is -0.461 e. The van der Waals surface area contributed by atoms with Crippen molar-refractivity contribution in [2.75, 3.05) is 19.0 Å². The van der Waals surface area contributed by atoms with Gasteiger partial charge in [-0.15, -0.1) is 23.5 Å². The lowest BCUT2D eigenvalue weighted by molar-refractivity contribution is -0.138. The first-order valence-corrected chi connectivity index (χ1v) is 7.41. The minimum atomic E-state index is -0.405. The van der Waals surface area contributed by atoms with Gasteiger partial charge in [-0.25, -0.2) is 9.59 Å². The molecule has 0 radical (unpaired) electrons. The summed E-state index contributed by atoms with van der Waals surface area (Å²) in [6.07, 6.45) is 1.15. The molecule has 0 bridgehead atoms. The third-order valence-electron chi connectivity index (χ3n) is 2.09. The van der Waals surface area contributed by atoms with Gasteiger partial charge in [0.15, 0.2) is 0 Å². The molecule has 1 aliphatic heterocycles. The normalized spacial score (nSPS) is 22.3. The molecule has 0 amide bonds. The SMILES string of the molecule is C=CC(=O)OCC1CSC(COC(=O)C(=C)C)S1. The van der Waals surface area contributed by atoms with E-state index in [1.165, 1.54) is 0 Å². The highest BCUT2D eigenvalue weighted by Gasteiger charge is 2.27. The van der Waals surface area contributed by atoms with Crippen molar-refractivity contribution in [3.05, 3.63) is 24.8 Å². The van der Waals surface area contributed by atoms with Gasteiger partial charge in [-0.1, -0.05) is 13.2 Å². The summed E-state index contributed by atoms with van der Waals surface area (Å²) in [5.41, 5.74) is 0.402. The Morgan fingerprint density at radius 3 is 2.72 bits per heavy atom. The fourth-order valence-corrected chi connectivity index (χ4v) is 4.17. The molecule has 0 aromatic carbocycles. The molecule has 2 unspecified atom stereocenters. The summed E-state index contributed by atoms with van der Waals surface area (Å²) < 4.78 is 10.2. The summed E-state index contributed by atoms with van der Waals surface area (Å²) in [5.74, 6) is 0.111. The van der Waals surface area contributed by atoms with Crippen LogP contribution in [0.4, 0.5) is 0 Å². The Morgan fingerprint density at radius 1 is 1.39 bits per heavy atom. The number of thioether (sulfide) groups is 2. The molecule has 18 heavy (non-hydrogen) atoms. The summed E-state index contributed by atoms with van der Waals surface area (Å²) >= 11 is 3.36. The zero-order valence-corrected chi connectivity index (χ0v) is 11.9. The monoisotopic (exact) mass is 288 g/mol. The summed E-state index contributed by atoms with van der Waals surface area (Å²) in [6.45, 7) is 9.19. The zero-order chi connectivity index (χ0) is 13.5. The molecule has 100 valence electrons. The number of esters is 2. The molecule has 0 spiro atoms. The van der Waals surface area contributed by atoms with Crippen LogP contribution in [0.3, 0.4) is 0 Å². The van der Waals surface area contributed by atoms with Gasteiger partial charge >= 0.3 is 11.9 Å². The van der Waals surface area contributed by atoms with E-state index in [1.807, 2.05) is 0 Å². The van der Waals surface area contributed by atoms with E-state index in [-0.39, 0.29) is 15.8 Å². The van der Waals surface area contributed by atoms with Gasteiger partial charge in [0.2, 0.25) is 0 Å². The maximum atomic E-state index is 11.2. The number of rotatable bonds is 6. The Balaban J connectivity index is 2.21. The molecule has 0 aromatic heterocycles. The first kappa shape index (κ1) is 15.2. The predicted molar refractivity (Wildman–Crippen MR) is 74.6 cm³/mol. The number of hydrogen-bond acceptors (Lipinski definition) is 6. The average Bonchev–Trinajstić information content (AvgIpc) is 2.80. The van der Waals surface area contributed by atoms with Crippen LogP contribution in [0.5, 0.6) is 0 Å². The van der Waals surface area contributed by atoms with E-state index in [0.717, 1.165) is 11.8 Å². The number of carbonyl (C=O) groups is 2. The van der Waals surface area contributed by atoms with E-state index in [1.54, 1.807) is 30.4 Å². The summed E-state index contributed by atoms with van der Waals surface area (Å²) in [4.78, 5) is 22.1. The van der Waals surface area contributed by atoms with Gasteiger partial charge in [-0.05, 0) is 6.92 Å². The van der Waals surface area contributed by atoms with Crippen LogP contribution in [0, 0.1) is 0 Å². The van der Waals surface area contributed by atoms with E-state index in [4.69, 9.17) is 9.47 Å². The number of ether oxygens (including phenoxy) is 2. The summed E-state index contributed by atoms with van der Waals surface area (Å²) in [7, 11) is 0. The van der Waals surface area contributed by atoms with Crippen LogP contribution in [0.15, 0.2) is 24.8 Å². The van der Waals surface area contributed by atoms with E-state index in [9.17, 15) is 9.59 Å². The van der Waals surface area contributed by atoms with Crippen molar-refractivity contribution in [2.45, 2.75) is 16.8 Å². The van der Waals surface area contributed by atoms with Crippen molar-refractivity contribution >= 4 is 35.5 Å². The van der Waals surface area contributed by atoms with Gasteiger partial charge in [0.1, 0.15) is 13.2 Å². The van der Waals surface area contributed by atoms with Gasteiger partial charge in [0, 0.05) is 22.7 Å². The Morgan fingerprint density at radius 2 is 2.11 bits per heavy atom. The Hall–Kier alpha value is -0.880. The second-order valence-electron chi connectivity index (χ2n) is 3.73. The fourth-order valence-electron chi connectivity index (χ4n) is 1.18. The molecule has 1 aliphatic rings. The van der Waals surface area contributed by atoms with Gasteiger partial charge in [0.05, 0.1) is 4.58 Å². The number of hydrogen-bond donors (Lipinski definition) is 0. The van der Waals surface area contributed by atoms with Gasteiger partial charge in [-0.3, -0.25) is 0 Å². The van der Waals surface area contributed by atoms with Crippen LogP contribution in [-0.2, 0) is 19.1 Å². The molecule has 4 nitrogen and oxygen atoms in total.